The summed E-state index contributed by atoms with van der Waals surface area (Å²) in [7, 11) is 0. The number of anilines is 1. The van der Waals surface area contributed by atoms with Gasteiger partial charge in [-0.3, -0.25) is 0 Å². The Labute approximate surface area is 156 Å². The van der Waals surface area contributed by atoms with E-state index in [4.69, 9.17) is 5.10 Å². The third-order valence-electron chi connectivity index (χ3n) is 5.36. The summed E-state index contributed by atoms with van der Waals surface area (Å²) in [5.74, 6) is 1.17. The minimum Gasteiger partial charge on any atom is -0.370 e. The van der Waals surface area contributed by atoms with Crippen molar-refractivity contribution in [1.29, 1.82) is 0 Å². The first-order chi connectivity index (χ1) is 12.5. The van der Waals surface area contributed by atoms with Crippen LogP contribution in [0.2, 0.25) is 0 Å². The Balaban J connectivity index is 1.93. The van der Waals surface area contributed by atoms with Gasteiger partial charge in [-0.05, 0) is 82.3 Å². The number of aryl methyl sites for hydroxylation is 4. The van der Waals surface area contributed by atoms with E-state index in [-0.39, 0.29) is 0 Å². The molecule has 0 saturated heterocycles. The van der Waals surface area contributed by atoms with Crippen LogP contribution >= 0.6 is 0 Å². The third-order valence-corrected chi connectivity index (χ3v) is 5.36. The van der Waals surface area contributed by atoms with Crippen molar-refractivity contribution in [3.63, 3.8) is 0 Å². The molecule has 0 saturated carbocycles. The zero-order valence-electron chi connectivity index (χ0n) is 16.2. The van der Waals surface area contributed by atoms with Crippen molar-refractivity contribution in [3.05, 3.63) is 64.2 Å². The van der Waals surface area contributed by atoms with E-state index in [9.17, 15) is 0 Å². The second-order valence-corrected chi connectivity index (χ2v) is 7.62. The molecule has 26 heavy (non-hydrogen) atoms. The second kappa shape index (κ2) is 6.64. The lowest BCUT2D eigenvalue weighted by atomic mass is 10.00. The van der Waals surface area contributed by atoms with Crippen LogP contribution in [0.4, 0.5) is 5.82 Å². The van der Waals surface area contributed by atoms with Crippen molar-refractivity contribution in [1.82, 2.24) is 9.78 Å². The number of rotatable bonds is 2. The first kappa shape index (κ1) is 16.9. The molecule has 1 aliphatic heterocycles. The monoisotopic (exact) mass is 345 g/mol. The van der Waals surface area contributed by atoms with Gasteiger partial charge in [-0.15, -0.1) is 0 Å². The Morgan fingerprint density at radius 2 is 1.65 bits per heavy atom. The van der Waals surface area contributed by atoms with Crippen LogP contribution in [0.3, 0.4) is 0 Å². The highest BCUT2D eigenvalue weighted by molar-refractivity contribution is 5.72. The Morgan fingerprint density at radius 1 is 0.885 bits per heavy atom. The molecule has 134 valence electrons. The van der Waals surface area contributed by atoms with Crippen LogP contribution in [-0.4, -0.2) is 16.3 Å². The van der Waals surface area contributed by atoms with Crippen LogP contribution in [0.15, 0.2) is 36.4 Å². The molecule has 1 aromatic heterocycles. The van der Waals surface area contributed by atoms with Gasteiger partial charge in [0.15, 0.2) is 0 Å². The van der Waals surface area contributed by atoms with Crippen molar-refractivity contribution >= 4 is 5.82 Å². The molecule has 0 unspecified atom stereocenters. The van der Waals surface area contributed by atoms with Gasteiger partial charge in [-0.2, -0.15) is 5.10 Å². The summed E-state index contributed by atoms with van der Waals surface area (Å²) in [6.07, 6.45) is 3.49. The van der Waals surface area contributed by atoms with Crippen molar-refractivity contribution in [3.8, 4) is 16.9 Å². The second-order valence-electron chi connectivity index (χ2n) is 7.62. The van der Waals surface area contributed by atoms with E-state index in [1.165, 1.54) is 52.0 Å². The average molecular weight is 345 g/mol. The molecule has 0 bridgehead atoms. The fourth-order valence-corrected chi connectivity index (χ4v) is 3.89. The average Bonchev–Trinajstić information content (AvgIpc) is 2.78. The summed E-state index contributed by atoms with van der Waals surface area (Å²) in [6.45, 7) is 9.65. The van der Waals surface area contributed by atoms with Crippen LogP contribution in [-0.2, 0) is 6.42 Å². The molecule has 0 atom stereocenters. The van der Waals surface area contributed by atoms with Crippen molar-refractivity contribution < 1.29 is 0 Å². The quantitative estimate of drug-likeness (QED) is 0.662. The lowest BCUT2D eigenvalue weighted by Gasteiger charge is -2.10. The molecule has 2 aromatic carbocycles. The maximum Gasteiger partial charge on any atom is 0.133 e. The van der Waals surface area contributed by atoms with Gasteiger partial charge >= 0.3 is 0 Å². The Hall–Kier alpha value is -2.55. The minimum absolute atomic E-state index is 1.01. The molecule has 3 heteroatoms. The number of nitrogens with one attached hydrogen (secondary N) is 1. The van der Waals surface area contributed by atoms with Gasteiger partial charge in [0, 0.05) is 17.7 Å². The fraction of sp³-hybridized carbons (Fsp3) is 0.348. The zero-order chi connectivity index (χ0) is 18.3. The van der Waals surface area contributed by atoms with Gasteiger partial charge in [0.05, 0.1) is 11.4 Å². The molecule has 3 nitrogen and oxygen atoms in total. The third kappa shape index (κ3) is 3.03. The van der Waals surface area contributed by atoms with Crippen LogP contribution < -0.4 is 5.32 Å². The predicted molar refractivity (Wildman–Crippen MR) is 109 cm³/mol. The van der Waals surface area contributed by atoms with E-state index >= 15 is 0 Å². The summed E-state index contributed by atoms with van der Waals surface area (Å²) < 4.78 is 2.11. The van der Waals surface area contributed by atoms with E-state index in [0.29, 0.717) is 0 Å². The normalized spacial score (nSPS) is 13.8. The predicted octanol–water partition coefficient (Wildman–Crippen LogP) is 5.52. The topological polar surface area (TPSA) is 29.9 Å². The lowest BCUT2D eigenvalue weighted by molar-refractivity contribution is 0.780. The maximum atomic E-state index is 5.08. The fourth-order valence-electron chi connectivity index (χ4n) is 3.89. The van der Waals surface area contributed by atoms with E-state index < -0.39 is 0 Å². The highest BCUT2D eigenvalue weighted by Crippen LogP contribution is 2.35. The zero-order valence-corrected chi connectivity index (χ0v) is 16.2. The molecule has 4 rings (SSSR count). The largest absolute Gasteiger partial charge is 0.370 e. The van der Waals surface area contributed by atoms with E-state index in [2.05, 4.69) is 74.1 Å². The minimum atomic E-state index is 1.01. The molecule has 0 amide bonds. The highest BCUT2D eigenvalue weighted by Gasteiger charge is 2.22. The molecule has 2 heterocycles. The summed E-state index contributed by atoms with van der Waals surface area (Å²) in [4.78, 5) is 0. The summed E-state index contributed by atoms with van der Waals surface area (Å²) in [5, 5.41) is 8.73. The summed E-state index contributed by atoms with van der Waals surface area (Å²) in [5.41, 5.74) is 10.0. The lowest BCUT2D eigenvalue weighted by Crippen LogP contribution is -2.07. The first-order valence-corrected chi connectivity index (χ1v) is 9.55. The number of aromatic nitrogens is 2. The van der Waals surface area contributed by atoms with Gasteiger partial charge < -0.3 is 5.32 Å². The maximum absolute atomic E-state index is 5.08. The first-order valence-electron chi connectivity index (χ1n) is 9.55. The van der Waals surface area contributed by atoms with Crippen LogP contribution in [0.5, 0.6) is 0 Å². The summed E-state index contributed by atoms with van der Waals surface area (Å²) >= 11 is 0. The number of fused-ring (bicyclic) bond motifs is 1. The standard InChI is InChI=1S/C23H27N3/c1-15-11-16(2)13-19(12-15)22-21-7-5-6-10-24-23(21)26(25-22)20-9-8-17(3)18(4)14-20/h8-9,11-14,24H,5-7,10H2,1-4H3. The van der Waals surface area contributed by atoms with E-state index in [1.807, 2.05) is 0 Å². The van der Waals surface area contributed by atoms with Gasteiger partial charge in [0.2, 0.25) is 0 Å². The number of benzene rings is 2. The molecule has 1 aliphatic rings. The van der Waals surface area contributed by atoms with Crippen molar-refractivity contribution in [2.75, 3.05) is 11.9 Å². The molecule has 0 radical (unpaired) electrons. The van der Waals surface area contributed by atoms with Gasteiger partial charge in [0.1, 0.15) is 5.82 Å². The molecule has 1 N–H and O–H groups in total. The van der Waals surface area contributed by atoms with E-state index in [1.54, 1.807) is 0 Å². The molecule has 0 fully saturated rings. The van der Waals surface area contributed by atoms with Crippen LogP contribution in [0, 0.1) is 27.7 Å². The van der Waals surface area contributed by atoms with Crippen LogP contribution in [0.1, 0.15) is 40.7 Å². The number of hydrogen-bond acceptors (Lipinski definition) is 2. The Morgan fingerprint density at radius 3 is 2.38 bits per heavy atom. The molecule has 0 spiro atoms. The molecular formula is C23H27N3. The smallest absolute Gasteiger partial charge is 0.133 e. The van der Waals surface area contributed by atoms with Crippen molar-refractivity contribution in [2.24, 2.45) is 0 Å². The molecule has 3 aromatic rings. The summed E-state index contributed by atoms with van der Waals surface area (Å²) in [6, 6.07) is 13.3. The Kier molecular flexibility index (Phi) is 4.31. The molecule has 0 aliphatic carbocycles. The highest BCUT2D eigenvalue weighted by atomic mass is 15.3. The Bertz CT molecular complexity index is 946. The number of hydrogen-bond donors (Lipinski definition) is 1. The number of nitrogens with zero attached hydrogens (tertiary/aromatic N) is 2. The van der Waals surface area contributed by atoms with Crippen molar-refractivity contribution in [2.45, 2.75) is 47.0 Å². The van der Waals surface area contributed by atoms with Crippen LogP contribution in [0.25, 0.3) is 16.9 Å². The SMILES string of the molecule is Cc1cc(C)cc(-c2nn(-c3ccc(C)c(C)c3)c3c2CCCCN3)c1. The van der Waals surface area contributed by atoms with Gasteiger partial charge in [-0.25, -0.2) is 4.68 Å². The van der Waals surface area contributed by atoms with Gasteiger partial charge in [0.25, 0.3) is 0 Å². The van der Waals surface area contributed by atoms with E-state index in [0.717, 1.165) is 24.3 Å². The molecular weight excluding hydrogens is 318 g/mol. The van der Waals surface area contributed by atoms with Gasteiger partial charge in [-0.1, -0.05) is 23.3 Å².